The molecule has 0 radical (unpaired) electrons. The highest BCUT2D eigenvalue weighted by Gasteiger charge is 2.32. The Morgan fingerprint density at radius 2 is 1.80 bits per heavy atom. The van der Waals surface area contributed by atoms with Crippen molar-refractivity contribution in [3.05, 3.63) is 47.6 Å². The fourth-order valence-corrected chi connectivity index (χ4v) is 2.57. The molecule has 0 nitrogen and oxygen atoms in total. The SMILES string of the molecule is CC1C=CC=C2C=CC=C(C(C)(C)C)C21. The van der Waals surface area contributed by atoms with Gasteiger partial charge in [-0.2, -0.15) is 0 Å². The normalized spacial score (nSPS) is 29.6. The van der Waals surface area contributed by atoms with Gasteiger partial charge in [0.1, 0.15) is 0 Å². The molecule has 2 rings (SSSR count). The smallest absolute Gasteiger partial charge is 0.0117 e. The van der Waals surface area contributed by atoms with Crippen LogP contribution in [0.15, 0.2) is 47.6 Å². The second kappa shape index (κ2) is 3.52. The Hall–Kier alpha value is -1.04. The Balaban J connectivity index is 2.42. The van der Waals surface area contributed by atoms with Crippen LogP contribution >= 0.6 is 0 Å². The van der Waals surface area contributed by atoms with Gasteiger partial charge >= 0.3 is 0 Å². The summed E-state index contributed by atoms with van der Waals surface area (Å²) in [6, 6.07) is 0. The molecule has 2 aliphatic rings. The molecule has 0 aromatic heterocycles. The van der Waals surface area contributed by atoms with Gasteiger partial charge in [0.15, 0.2) is 0 Å². The molecule has 0 amide bonds. The molecule has 0 aliphatic heterocycles. The molecule has 0 bridgehead atoms. The van der Waals surface area contributed by atoms with E-state index in [9.17, 15) is 0 Å². The van der Waals surface area contributed by atoms with Gasteiger partial charge in [-0.25, -0.2) is 0 Å². The summed E-state index contributed by atoms with van der Waals surface area (Å²) in [6.07, 6.45) is 13.5. The van der Waals surface area contributed by atoms with Crippen LogP contribution in [0.4, 0.5) is 0 Å². The van der Waals surface area contributed by atoms with E-state index in [1.807, 2.05) is 0 Å². The Kier molecular flexibility index (Phi) is 2.46. The summed E-state index contributed by atoms with van der Waals surface area (Å²) < 4.78 is 0. The predicted octanol–water partition coefficient (Wildman–Crippen LogP) is 4.28. The third-order valence-electron chi connectivity index (χ3n) is 3.35. The summed E-state index contributed by atoms with van der Waals surface area (Å²) in [5.41, 5.74) is 3.30. The third kappa shape index (κ3) is 1.86. The Morgan fingerprint density at radius 1 is 1.07 bits per heavy atom. The average molecular weight is 200 g/mol. The number of allylic oxidation sites excluding steroid dienone is 8. The highest BCUT2D eigenvalue weighted by Crippen LogP contribution is 2.43. The molecule has 0 N–H and O–H groups in total. The van der Waals surface area contributed by atoms with Gasteiger partial charge in [-0.15, -0.1) is 0 Å². The van der Waals surface area contributed by atoms with Gasteiger partial charge in [0.05, 0.1) is 0 Å². The summed E-state index contributed by atoms with van der Waals surface area (Å²) in [4.78, 5) is 0. The van der Waals surface area contributed by atoms with Gasteiger partial charge in [0.2, 0.25) is 0 Å². The van der Waals surface area contributed by atoms with Crippen molar-refractivity contribution in [2.24, 2.45) is 17.3 Å². The molecule has 2 atom stereocenters. The first-order valence-corrected chi connectivity index (χ1v) is 5.77. The monoisotopic (exact) mass is 200 g/mol. The highest BCUT2D eigenvalue weighted by atomic mass is 14.4. The maximum absolute atomic E-state index is 2.31. The number of fused-ring (bicyclic) bond motifs is 1. The maximum atomic E-state index is 2.31. The minimum Gasteiger partial charge on any atom is -0.0808 e. The summed E-state index contributed by atoms with van der Waals surface area (Å²) in [6.45, 7) is 9.23. The first-order chi connectivity index (χ1) is 7.00. The molecule has 0 aromatic carbocycles. The molecule has 2 unspecified atom stereocenters. The van der Waals surface area contributed by atoms with Crippen LogP contribution in [-0.4, -0.2) is 0 Å². The molecule has 80 valence electrons. The molecule has 0 aromatic rings. The van der Waals surface area contributed by atoms with Crippen molar-refractivity contribution in [3.63, 3.8) is 0 Å². The number of hydrogen-bond donors (Lipinski definition) is 0. The zero-order valence-electron chi connectivity index (χ0n) is 10.1. The second-order valence-electron chi connectivity index (χ2n) is 5.62. The molecule has 0 heterocycles. The molecular weight excluding hydrogens is 180 g/mol. The molecule has 2 aliphatic carbocycles. The van der Waals surface area contributed by atoms with Crippen molar-refractivity contribution in [3.8, 4) is 0 Å². The zero-order valence-corrected chi connectivity index (χ0v) is 10.1. The van der Waals surface area contributed by atoms with E-state index in [4.69, 9.17) is 0 Å². The van der Waals surface area contributed by atoms with Crippen LogP contribution in [-0.2, 0) is 0 Å². The van der Waals surface area contributed by atoms with Crippen LogP contribution in [0.1, 0.15) is 27.7 Å². The van der Waals surface area contributed by atoms with Crippen LogP contribution < -0.4 is 0 Å². The van der Waals surface area contributed by atoms with Gasteiger partial charge in [-0.1, -0.05) is 69.7 Å². The van der Waals surface area contributed by atoms with Gasteiger partial charge < -0.3 is 0 Å². The van der Waals surface area contributed by atoms with E-state index in [-0.39, 0.29) is 5.41 Å². The molecular formula is C15H20. The van der Waals surface area contributed by atoms with E-state index < -0.39 is 0 Å². The molecule has 0 heteroatoms. The third-order valence-corrected chi connectivity index (χ3v) is 3.35. The lowest BCUT2D eigenvalue weighted by Gasteiger charge is -2.37. The van der Waals surface area contributed by atoms with E-state index >= 15 is 0 Å². The highest BCUT2D eigenvalue weighted by molar-refractivity contribution is 5.44. The Bertz CT molecular complexity index is 369. The van der Waals surface area contributed by atoms with Crippen molar-refractivity contribution in [2.75, 3.05) is 0 Å². The lowest BCUT2D eigenvalue weighted by atomic mass is 9.68. The minimum absolute atomic E-state index is 0.272. The molecule has 0 spiro atoms. The van der Waals surface area contributed by atoms with Crippen molar-refractivity contribution in [1.82, 2.24) is 0 Å². The van der Waals surface area contributed by atoms with E-state index in [0.29, 0.717) is 11.8 Å². The van der Waals surface area contributed by atoms with Crippen molar-refractivity contribution in [2.45, 2.75) is 27.7 Å². The van der Waals surface area contributed by atoms with E-state index in [2.05, 4.69) is 64.2 Å². The predicted molar refractivity (Wildman–Crippen MR) is 66.6 cm³/mol. The average Bonchev–Trinajstić information content (AvgIpc) is 2.16. The quantitative estimate of drug-likeness (QED) is 0.547. The molecule has 15 heavy (non-hydrogen) atoms. The number of hydrogen-bond acceptors (Lipinski definition) is 0. The van der Waals surface area contributed by atoms with Gasteiger partial charge in [0.25, 0.3) is 0 Å². The van der Waals surface area contributed by atoms with Crippen molar-refractivity contribution in [1.29, 1.82) is 0 Å². The largest absolute Gasteiger partial charge is 0.0808 e. The Labute approximate surface area is 93.1 Å². The van der Waals surface area contributed by atoms with E-state index in [0.717, 1.165) is 0 Å². The number of rotatable bonds is 0. The van der Waals surface area contributed by atoms with Gasteiger partial charge in [-0.3, -0.25) is 0 Å². The Morgan fingerprint density at radius 3 is 2.47 bits per heavy atom. The molecule has 0 saturated carbocycles. The summed E-state index contributed by atoms with van der Waals surface area (Å²) >= 11 is 0. The van der Waals surface area contributed by atoms with E-state index in [1.54, 1.807) is 5.57 Å². The first-order valence-electron chi connectivity index (χ1n) is 5.77. The fraction of sp³-hybridized carbons (Fsp3) is 0.467. The van der Waals surface area contributed by atoms with Crippen LogP contribution in [0.5, 0.6) is 0 Å². The summed E-state index contributed by atoms with van der Waals surface area (Å²) in [5, 5.41) is 0. The van der Waals surface area contributed by atoms with Crippen LogP contribution in [0, 0.1) is 17.3 Å². The molecule has 0 fully saturated rings. The second-order valence-corrected chi connectivity index (χ2v) is 5.62. The van der Waals surface area contributed by atoms with E-state index in [1.165, 1.54) is 5.57 Å². The maximum Gasteiger partial charge on any atom is 0.0117 e. The van der Waals surface area contributed by atoms with Crippen LogP contribution in [0.3, 0.4) is 0 Å². The van der Waals surface area contributed by atoms with Crippen LogP contribution in [0.25, 0.3) is 0 Å². The summed E-state index contributed by atoms with van der Waals surface area (Å²) in [5.74, 6) is 1.22. The van der Waals surface area contributed by atoms with Crippen LogP contribution in [0.2, 0.25) is 0 Å². The van der Waals surface area contributed by atoms with Gasteiger partial charge in [0, 0.05) is 5.92 Å². The fourth-order valence-electron chi connectivity index (χ4n) is 2.57. The molecule has 0 saturated heterocycles. The lowest BCUT2D eigenvalue weighted by Crippen LogP contribution is -2.26. The summed E-state index contributed by atoms with van der Waals surface area (Å²) in [7, 11) is 0. The first kappa shape index (κ1) is 10.5. The lowest BCUT2D eigenvalue weighted by molar-refractivity contribution is 0.405. The zero-order chi connectivity index (χ0) is 11.1. The standard InChI is InChI=1S/C15H20/c1-11-7-5-8-12-9-6-10-13(14(11)12)15(2,3)4/h5-11,14H,1-4H3. The van der Waals surface area contributed by atoms with Gasteiger partial charge in [-0.05, 0) is 16.9 Å². The topological polar surface area (TPSA) is 0 Å². The van der Waals surface area contributed by atoms with Crippen molar-refractivity contribution < 1.29 is 0 Å². The van der Waals surface area contributed by atoms with Crippen molar-refractivity contribution >= 4 is 0 Å². The minimum atomic E-state index is 0.272.